The van der Waals surface area contributed by atoms with Crippen molar-refractivity contribution in [3.05, 3.63) is 71.7 Å². The lowest BCUT2D eigenvalue weighted by Crippen LogP contribution is -2.33. The van der Waals surface area contributed by atoms with Gasteiger partial charge in [-0.15, -0.1) is 0 Å². The molecule has 0 radical (unpaired) electrons. The van der Waals surface area contributed by atoms with E-state index >= 15 is 0 Å². The van der Waals surface area contributed by atoms with Gasteiger partial charge in [-0.25, -0.2) is 4.98 Å². The fraction of sp³-hybridized carbons (Fsp3) is 0.227. The zero-order valence-electron chi connectivity index (χ0n) is 16.0. The van der Waals surface area contributed by atoms with E-state index in [-0.39, 0.29) is 24.8 Å². The summed E-state index contributed by atoms with van der Waals surface area (Å²) in [6.07, 6.45) is 2.23. The second-order valence-electron chi connectivity index (χ2n) is 6.58. The minimum atomic E-state index is -0.256. The van der Waals surface area contributed by atoms with Gasteiger partial charge in [0.25, 0.3) is 0 Å². The van der Waals surface area contributed by atoms with E-state index in [0.717, 1.165) is 22.4 Å². The highest BCUT2D eigenvalue weighted by atomic mass is 16.4. The summed E-state index contributed by atoms with van der Waals surface area (Å²) in [7, 11) is 0. The van der Waals surface area contributed by atoms with Crippen molar-refractivity contribution in [2.75, 3.05) is 11.9 Å². The fourth-order valence-electron chi connectivity index (χ4n) is 2.84. The first-order chi connectivity index (χ1) is 13.5. The molecule has 0 unspecified atom stereocenters. The number of nitrogens with one attached hydrogen (secondary N) is 2. The molecule has 0 aliphatic rings. The van der Waals surface area contributed by atoms with Crippen LogP contribution in [0.4, 0.5) is 5.69 Å². The van der Waals surface area contributed by atoms with Gasteiger partial charge in [0, 0.05) is 24.1 Å². The number of oxazole rings is 1. The zero-order valence-corrected chi connectivity index (χ0v) is 16.0. The number of benzene rings is 2. The number of carbonyl (C=O) groups excluding carboxylic acids is 2. The number of nitrogens with zero attached hydrogens (tertiary/aromatic N) is 1. The summed E-state index contributed by atoms with van der Waals surface area (Å²) in [6.45, 7) is 3.79. The summed E-state index contributed by atoms with van der Waals surface area (Å²) in [5, 5.41) is 5.47. The van der Waals surface area contributed by atoms with Crippen LogP contribution in [0.25, 0.3) is 11.3 Å². The molecule has 0 bridgehead atoms. The third-order valence-corrected chi connectivity index (χ3v) is 4.37. The van der Waals surface area contributed by atoms with E-state index < -0.39 is 0 Å². The second-order valence-corrected chi connectivity index (χ2v) is 6.58. The predicted octanol–water partition coefficient (Wildman–Crippen LogP) is 3.65. The highest BCUT2D eigenvalue weighted by Gasteiger charge is 2.11. The Bertz CT molecular complexity index is 944. The van der Waals surface area contributed by atoms with Crippen molar-refractivity contribution in [2.45, 2.75) is 26.7 Å². The number of amides is 2. The lowest BCUT2D eigenvalue weighted by atomic mass is 10.1. The standard InChI is InChI=1S/C22H23N3O3/c1-15-7-6-8-16(2)22(15)25-20(27)14-23-19(26)11-12-21-24-13-18(28-21)17-9-4-3-5-10-17/h3-10,13H,11-12,14H2,1-2H3,(H,23,26)(H,25,27). The van der Waals surface area contributed by atoms with Crippen molar-refractivity contribution in [3.8, 4) is 11.3 Å². The summed E-state index contributed by atoms with van der Waals surface area (Å²) in [6, 6.07) is 15.5. The van der Waals surface area contributed by atoms with Crippen LogP contribution >= 0.6 is 0 Å². The van der Waals surface area contributed by atoms with Crippen molar-refractivity contribution < 1.29 is 14.0 Å². The van der Waals surface area contributed by atoms with Crippen LogP contribution in [0, 0.1) is 13.8 Å². The average molecular weight is 377 g/mol. The van der Waals surface area contributed by atoms with E-state index in [1.54, 1.807) is 6.20 Å². The normalized spacial score (nSPS) is 10.5. The Morgan fingerprint density at radius 1 is 0.964 bits per heavy atom. The SMILES string of the molecule is Cc1cccc(C)c1NC(=O)CNC(=O)CCc1ncc(-c2ccccc2)o1. The minimum Gasteiger partial charge on any atom is -0.441 e. The number of anilines is 1. The molecule has 3 rings (SSSR count). The fourth-order valence-corrected chi connectivity index (χ4v) is 2.84. The number of aromatic nitrogens is 1. The van der Waals surface area contributed by atoms with Gasteiger partial charge in [0.2, 0.25) is 11.8 Å². The molecule has 6 nitrogen and oxygen atoms in total. The van der Waals surface area contributed by atoms with Crippen LogP contribution in [0.1, 0.15) is 23.4 Å². The molecule has 6 heteroatoms. The van der Waals surface area contributed by atoms with E-state index in [1.165, 1.54) is 0 Å². The van der Waals surface area contributed by atoms with Crippen molar-refractivity contribution in [1.82, 2.24) is 10.3 Å². The molecule has 0 aliphatic heterocycles. The Morgan fingerprint density at radius 3 is 2.39 bits per heavy atom. The number of carbonyl (C=O) groups is 2. The van der Waals surface area contributed by atoms with Crippen molar-refractivity contribution >= 4 is 17.5 Å². The predicted molar refractivity (Wildman–Crippen MR) is 108 cm³/mol. The Kier molecular flexibility index (Phi) is 6.22. The van der Waals surface area contributed by atoms with Crippen molar-refractivity contribution in [2.24, 2.45) is 0 Å². The van der Waals surface area contributed by atoms with Crippen LogP contribution in [-0.4, -0.2) is 23.3 Å². The maximum absolute atomic E-state index is 12.1. The van der Waals surface area contributed by atoms with Crippen LogP contribution in [0.5, 0.6) is 0 Å². The molecule has 0 saturated carbocycles. The summed E-state index contributed by atoms with van der Waals surface area (Å²) < 4.78 is 5.68. The van der Waals surface area contributed by atoms with Crippen LogP contribution in [0.3, 0.4) is 0 Å². The Morgan fingerprint density at radius 2 is 1.68 bits per heavy atom. The number of rotatable bonds is 7. The van der Waals surface area contributed by atoms with Crippen molar-refractivity contribution in [1.29, 1.82) is 0 Å². The molecular weight excluding hydrogens is 354 g/mol. The number of para-hydroxylation sites is 1. The van der Waals surface area contributed by atoms with Crippen LogP contribution in [0.2, 0.25) is 0 Å². The molecule has 2 amide bonds. The molecule has 1 aromatic heterocycles. The van der Waals surface area contributed by atoms with Gasteiger partial charge in [-0.2, -0.15) is 0 Å². The molecule has 144 valence electrons. The summed E-state index contributed by atoms with van der Waals surface area (Å²) >= 11 is 0. The maximum atomic E-state index is 12.1. The van der Waals surface area contributed by atoms with Crippen LogP contribution < -0.4 is 10.6 Å². The van der Waals surface area contributed by atoms with Crippen LogP contribution in [0.15, 0.2) is 59.1 Å². The largest absolute Gasteiger partial charge is 0.441 e. The van der Waals surface area contributed by atoms with Gasteiger partial charge < -0.3 is 15.1 Å². The van der Waals surface area contributed by atoms with Gasteiger partial charge in [-0.1, -0.05) is 48.5 Å². The van der Waals surface area contributed by atoms with Gasteiger partial charge >= 0.3 is 0 Å². The molecular formula is C22H23N3O3. The second kappa shape index (κ2) is 8.99. The van der Waals surface area contributed by atoms with E-state index in [9.17, 15) is 9.59 Å². The van der Waals surface area contributed by atoms with E-state index in [0.29, 0.717) is 18.1 Å². The lowest BCUT2D eigenvalue weighted by molar-refractivity contribution is -0.124. The molecule has 0 fully saturated rings. The van der Waals surface area contributed by atoms with Gasteiger partial charge in [0.1, 0.15) is 0 Å². The van der Waals surface area contributed by atoms with Crippen molar-refractivity contribution in [3.63, 3.8) is 0 Å². The Labute approximate surface area is 164 Å². The summed E-state index contributed by atoms with van der Waals surface area (Å²) in [5.41, 5.74) is 3.69. The molecule has 3 aromatic rings. The summed E-state index contributed by atoms with van der Waals surface area (Å²) in [4.78, 5) is 28.3. The zero-order chi connectivity index (χ0) is 19.9. The minimum absolute atomic E-state index is 0.0759. The third-order valence-electron chi connectivity index (χ3n) is 4.37. The molecule has 0 saturated heterocycles. The number of hydrogen-bond acceptors (Lipinski definition) is 4. The van der Waals surface area contributed by atoms with Gasteiger partial charge in [0.05, 0.1) is 12.7 Å². The van der Waals surface area contributed by atoms with Crippen LogP contribution in [-0.2, 0) is 16.0 Å². The van der Waals surface area contributed by atoms with E-state index in [1.807, 2.05) is 62.4 Å². The maximum Gasteiger partial charge on any atom is 0.243 e. The first kappa shape index (κ1) is 19.4. The highest BCUT2D eigenvalue weighted by Crippen LogP contribution is 2.20. The monoisotopic (exact) mass is 377 g/mol. The van der Waals surface area contributed by atoms with Gasteiger partial charge in [-0.05, 0) is 25.0 Å². The van der Waals surface area contributed by atoms with E-state index in [4.69, 9.17) is 4.42 Å². The number of aryl methyl sites for hydroxylation is 3. The average Bonchev–Trinajstić information content (AvgIpc) is 3.17. The highest BCUT2D eigenvalue weighted by molar-refractivity contribution is 5.95. The molecule has 2 aromatic carbocycles. The topological polar surface area (TPSA) is 84.2 Å². The smallest absolute Gasteiger partial charge is 0.243 e. The molecule has 2 N–H and O–H groups in total. The van der Waals surface area contributed by atoms with E-state index in [2.05, 4.69) is 15.6 Å². The first-order valence-electron chi connectivity index (χ1n) is 9.16. The third kappa shape index (κ3) is 5.07. The Balaban J connectivity index is 1.45. The Hall–Kier alpha value is -3.41. The number of hydrogen-bond donors (Lipinski definition) is 2. The quantitative estimate of drug-likeness (QED) is 0.658. The van der Waals surface area contributed by atoms with Gasteiger partial charge in [-0.3, -0.25) is 9.59 Å². The molecule has 1 heterocycles. The molecule has 0 atom stereocenters. The molecule has 0 aliphatic carbocycles. The lowest BCUT2D eigenvalue weighted by Gasteiger charge is -2.11. The molecule has 28 heavy (non-hydrogen) atoms. The summed E-state index contributed by atoms with van der Waals surface area (Å²) in [5.74, 6) is 0.683. The first-order valence-corrected chi connectivity index (χ1v) is 9.16. The molecule has 0 spiro atoms. The van der Waals surface area contributed by atoms with Gasteiger partial charge in [0.15, 0.2) is 11.7 Å².